The molecule has 3 heterocycles. The minimum Gasteiger partial charge on any atom is -0.448 e. The average Bonchev–Trinajstić information content (AvgIpc) is 1.50. The van der Waals surface area contributed by atoms with Gasteiger partial charge in [0.25, 0.3) is 17.4 Å². The SMILES string of the molecule is C[C@@]12CCC[C@@](C)(N)[C@H]1CC[C@@]13CC4(Oc5cc6c7cc8c(cc7c7cc9c(cc7c6cc5O4)OC4(C[C@]56CC[C@H]7[C@@](C)(CCC[C@@]7(C)N)[C@@H]5CC[C@@]4(C)C6)O9)OC4(C[C@]56CC[C@H]7[C@@](C)(CCC[C@@]7(C)N)[C@@H]5CC[C@@]4(C)C6)O8)[C@@](C)(CC[C@H]12)C3. The van der Waals surface area contributed by atoms with E-state index >= 15 is 0 Å². The summed E-state index contributed by atoms with van der Waals surface area (Å²) < 4.78 is 45.9. The van der Waals surface area contributed by atoms with E-state index in [0.29, 0.717) is 35.5 Å². The van der Waals surface area contributed by atoms with E-state index in [1.165, 1.54) is 96.3 Å². The Kier molecular flexibility index (Phi) is 9.43. The van der Waals surface area contributed by atoms with Crippen molar-refractivity contribution in [2.75, 3.05) is 0 Å². The minimum absolute atomic E-state index is 0.0991. The van der Waals surface area contributed by atoms with Crippen LogP contribution in [0, 0.1) is 84.2 Å². The third kappa shape index (κ3) is 5.92. The first kappa shape index (κ1) is 52.3. The first-order valence-corrected chi connectivity index (χ1v) is 34.7. The van der Waals surface area contributed by atoms with Crippen molar-refractivity contribution in [1.29, 1.82) is 0 Å². The Morgan fingerprint density at radius 3 is 0.750 bits per heavy atom. The molecule has 18 atom stereocenters. The minimum atomic E-state index is -0.723. The van der Waals surface area contributed by atoms with E-state index in [0.717, 1.165) is 144 Å². The molecule has 84 heavy (non-hydrogen) atoms. The number of hydrogen-bond acceptors (Lipinski definition) is 9. The fourth-order valence-corrected chi connectivity index (χ4v) is 28.9. The van der Waals surface area contributed by atoms with Crippen LogP contribution in [0.25, 0.3) is 32.3 Å². The highest BCUT2D eigenvalue weighted by molar-refractivity contribution is 6.27. The maximum absolute atomic E-state index is 7.65. The first-order valence-electron chi connectivity index (χ1n) is 34.7. The summed E-state index contributed by atoms with van der Waals surface area (Å²) in [6.07, 6.45) is 31.6. The van der Waals surface area contributed by atoms with Crippen LogP contribution in [-0.2, 0) is 0 Å². The molecule has 4 aromatic rings. The highest BCUT2D eigenvalue weighted by Crippen LogP contribution is 2.80. The van der Waals surface area contributed by atoms with Crippen molar-refractivity contribution in [1.82, 2.24) is 0 Å². The quantitative estimate of drug-likeness (QED) is 0.147. The third-order valence-corrected chi connectivity index (χ3v) is 31.9. The first-order chi connectivity index (χ1) is 39.6. The fourth-order valence-electron chi connectivity index (χ4n) is 28.9. The zero-order valence-electron chi connectivity index (χ0n) is 52.7. The molecule has 6 N–H and O–H groups in total. The second-order valence-electron chi connectivity index (χ2n) is 36.4. The molecule has 12 saturated carbocycles. The smallest absolute Gasteiger partial charge is 0.257 e. The van der Waals surface area contributed by atoms with E-state index < -0.39 is 17.4 Å². The van der Waals surface area contributed by atoms with Crippen LogP contribution in [0.15, 0.2) is 36.4 Å². The predicted molar refractivity (Wildman–Crippen MR) is 330 cm³/mol. The Hall–Kier alpha value is -3.66. The third-order valence-electron chi connectivity index (χ3n) is 31.9. The van der Waals surface area contributed by atoms with Crippen LogP contribution in [0.4, 0.5) is 0 Å². The molecule has 9 heteroatoms. The van der Waals surface area contributed by atoms with Gasteiger partial charge in [-0.1, -0.05) is 60.8 Å². The number of nitrogens with two attached hydrogens (primary N) is 3. The van der Waals surface area contributed by atoms with Crippen LogP contribution in [0.2, 0.25) is 0 Å². The second-order valence-corrected chi connectivity index (χ2v) is 36.4. The van der Waals surface area contributed by atoms with Gasteiger partial charge < -0.3 is 45.6 Å². The van der Waals surface area contributed by atoms with Crippen molar-refractivity contribution >= 4 is 32.3 Å². The lowest BCUT2D eigenvalue weighted by Gasteiger charge is -2.64. The highest BCUT2D eigenvalue weighted by atomic mass is 16.7. The molecule has 4 aromatic carbocycles. The summed E-state index contributed by atoms with van der Waals surface area (Å²) in [4.78, 5) is 0. The Bertz CT molecular complexity index is 3140. The predicted octanol–water partition coefficient (Wildman–Crippen LogP) is 17.1. The van der Waals surface area contributed by atoms with Crippen LogP contribution in [0.1, 0.15) is 236 Å². The van der Waals surface area contributed by atoms with Gasteiger partial charge in [0.15, 0.2) is 34.5 Å². The van der Waals surface area contributed by atoms with E-state index in [9.17, 15) is 0 Å². The topological polar surface area (TPSA) is 133 Å². The van der Waals surface area contributed by atoms with Gasteiger partial charge in [-0.25, -0.2) is 0 Å². The van der Waals surface area contributed by atoms with Crippen molar-refractivity contribution in [2.24, 2.45) is 101 Å². The lowest BCUT2D eigenvalue weighted by Crippen LogP contribution is -2.62. The summed E-state index contributed by atoms with van der Waals surface area (Å²) >= 11 is 0. The van der Waals surface area contributed by atoms with E-state index in [1.807, 2.05) is 0 Å². The molecule has 12 fully saturated rings. The van der Waals surface area contributed by atoms with Gasteiger partial charge in [0.2, 0.25) is 0 Å². The maximum Gasteiger partial charge on any atom is 0.257 e. The molecule has 0 amide bonds. The molecular formula is C75H99N3O6. The Labute approximate surface area is 500 Å². The molecule has 0 aromatic heterocycles. The van der Waals surface area contributed by atoms with Gasteiger partial charge in [-0.15, -0.1) is 0 Å². The summed E-state index contributed by atoms with van der Waals surface area (Å²) in [7, 11) is 0. The van der Waals surface area contributed by atoms with Gasteiger partial charge >= 0.3 is 0 Å². The van der Waals surface area contributed by atoms with E-state index in [-0.39, 0.29) is 65.4 Å². The Balaban J connectivity index is 0.733. The number of ether oxygens (including phenoxy) is 6. The highest BCUT2D eigenvalue weighted by Gasteiger charge is 2.78. The lowest BCUT2D eigenvalue weighted by molar-refractivity contribution is -0.155. The van der Waals surface area contributed by atoms with Crippen LogP contribution in [0.5, 0.6) is 34.5 Å². The molecule has 19 rings (SSSR count). The lowest BCUT2D eigenvalue weighted by atomic mass is 9.42. The Morgan fingerprint density at radius 1 is 0.286 bits per heavy atom. The summed E-state index contributed by atoms with van der Waals surface area (Å²) in [5.41, 5.74) is 22.4. The number of fused-ring (bicyclic) bond motifs is 21. The molecule has 0 unspecified atom stereocenters. The number of benzene rings is 4. The molecule has 6 bridgehead atoms. The van der Waals surface area contributed by atoms with Gasteiger partial charge in [-0.2, -0.15) is 0 Å². The zero-order chi connectivity index (χ0) is 57.5. The molecule has 12 aliphatic carbocycles. The summed E-state index contributed by atoms with van der Waals surface area (Å²) in [5.74, 6) is 6.67. The molecule has 450 valence electrons. The second kappa shape index (κ2) is 15.1. The summed E-state index contributed by atoms with van der Waals surface area (Å²) in [5, 5.41) is 6.98. The standard InChI is InChI=1S/C75H99N3O6/c1-61-25-13-58-64(4)19-10-22-67(7,76)55(64)16-28-70(58,37-61)40-73(61)79-49-31-43-44(32-50(49)80-73)46-34-52-54(84-75(82-52)42-72-30-18-57-66(6,21-12-24-69(57,9)78)60(72)15-27-63(75,3)39-72)36-48(46)47-35-53-51(33-45(43)47)81-74(83-53)41-71-29-17-56-65(5,20-11-23-68(56,8)77)59(71)14-26-62(74,2)38-71/h31-36,55-60H,10-30,37-42,76-78H2,1-9H3/t55-,56-,57-,58-,59-,60-,61-,62-,63-,64+,65+,66+,67+,68+,69+,70+,71+,72+,73?,74?,75?/m0/s1. The van der Waals surface area contributed by atoms with E-state index in [2.05, 4.69) is 98.7 Å². The molecule has 0 radical (unpaired) electrons. The molecule has 9 nitrogen and oxygen atoms in total. The molecule has 0 saturated heterocycles. The molecule has 3 aliphatic heterocycles. The number of rotatable bonds is 0. The zero-order valence-corrected chi connectivity index (χ0v) is 52.7. The maximum atomic E-state index is 7.65. The van der Waals surface area contributed by atoms with Crippen LogP contribution in [0.3, 0.4) is 0 Å². The largest absolute Gasteiger partial charge is 0.448 e. The van der Waals surface area contributed by atoms with Gasteiger partial charge in [0.05, 0.1) is 0 Å². The Morgan fingerprint density at radius 2 is 0.512 bits per heavy atom. The van der Waals surface area contributed by atoms with Crippen molar-refractivity contribution in [3.05, 3.63) is 36.4 Å². The molecule has 6 spiro atoms. The average molecular weight is 1140 g/mol. The van der Waals surface area contributed by atoms with Gasteiger partial charge in [-0.3, -0.25) is 0 Å². The molecule has 15 aliphatic rings. The fraction of sp³-hybridized carbons (Fsp3) is 0.760. The van der Waals surface area contributed by atoms with E-state index in [4.69, 9.17) is 45.6 Å². The van der Waals surface area contributed by atoms with Crippen molar-refractivity contribution in [3.63, 3.8) is 0 Å². The van der Waals surface area contributed by atoms with Crippen molar-refractivity contribution < 1.29 is 28.4 Å². The normalized spacial score (nSPS) is 54.4. The molecular weight excluding hydrogens is 1040 g/mol. The summed E-state index contributed by atoms with van der Waals surface area (Å²) in [6, 6.07) is 14.2. The van der Waals surface area contributed by atoms with Crippen molar-refractivity contribution in [2.45, 2.75) is 270 Å². The van der Waals surface area contributed by atoms with Crippen LogP contribution in [-0.4, -0.2) is 34.0 Å². The van der Waals surface area contributed by atoms with Gasteiger partial charge in [0.1, 0.15) is 0 Å². The van der Waals surface area contributed by atoms with Crippen molar-refractivity contribution in [3.8, 4) is 34.5 Å². The monoisotopic (exact) mass is 1140 g/mol. The van der Waals surface area contributed by atoms with Gasteiger partial charge in [-0.05, 0) is 292 Å². The van der Waals surface area contributed by atoms with Gasteiger partial charge in [0, 0.05) is 52.1 Å². The number of hydrogen-bond donors (Lipinski definition) is 3. The van der Waals surface area contributed by atoms with E-state index in [1.54, 1.807) is 0 Å². The van der Waals surface area contributed by atoms with Crippen LogP contribution < -0.4 is 45.6 Å². The summed E-state index contributed by atoms with van der Waals surface area (Å²) in [6.45, 7) is 22.5. The van der Waals surface area contributed by atoms with Crippen LogP contribution >= 0.6 is 0 Å².